The molecule has 3 rings (SSSR count). The Kier molecular flexibility index (Phi) is 5.56. The second-order valence-electron chi connectivity index (χ2n) is 5.68. The molecule has 1 amide bonds. The molecule has 0 unspecified atom stereocenters. The van der Waals surface area contributed by atoms with Crippen LogP contribution in [0.2, 0.25) is 0 Å². The molecule has 136 valence electrons. The van der Waals surface area contributed by atoms with Gasteiger partial charge in [0.2, 0.25) is 0 Å². The molecule has 0 fully saturated rings. The average Bonchev–Trinajstić information content (AvgIpc) is 2.69. The fourth-order valence-corrected chi connectivity index (χ4v) is 2.37. The van der Waals surface area contributed by atoms with E-state index in [2.05, 4.69) is 5.32 Å². The summed E-state index contributed by atoms with van der Waals surface area (Å²) in [5, 5.41) is 2.41. The van der Waals surface area contributed by atoms with Gasteiger partial charge >= 0.3 is 0 Å². The first-order chi connectivity index (χ1) is 13.0. The van der Waals surface area contributed by atoms with Crippen LogP contribution >= 0.6 is 0 Å². The molecule has 0 aromatic heterocycles. The topological polar surface area (TPSA) is 55.4 Å². The quantitative estimate of drug-likeness (QED) is 0.664. The van der Waals surface area contributed by atoms with Crippen molar-refractivity contribution >= 4 is 17.4 Å². The van der Waals surface area contributed by atoms with Gasteiger partial charge in [0.25, 0.3) is 5.91 Å². The van der Waals surface area contributed by atoms with Crippen LogP contribution < -0.4 is 10.1 Å². The smallest absolute Gasteiger partial charge is 0.262 e. The zero-order valence-electron chi connectivity index (χ0n) is 14.1. The first-order valence-corrected chi connectivity index (χ1v) is 8.10. The number of carbonyl (C=O) groups is 2. The second-order valence-corrected chi connectivity index (χ2v) is 5.68. The highest BCUT2D eigenvalue weighted by molar-refractivity contribution is 6.09. The number of anilines is 1. The molecule has 0 bridgehead atoms. The van der Waals surface area contributed by atoms with Crippen molar-refractivity contribution in [2.24, 2.45) is 0 Å². The van der Waals surface area contributed by atoms with Gasteiger partial charge in [0.05, 0.1) is 5.69 Å². The first kappa shape index (κ1) is 18.3. The highest BCUT2D eigenvalue weighted by Crippen LogP contribution is 2.16. The second kappa shape index (κ2) is 8.23. The van der Waals surface area contributed by atoms with Crippen LogP contribution in [0.15, 0.2) is 72.8 Å². The molecule has 1 N–H and O–H groups in total. The normalized spacial score (nSPS) is 10.3. The lowest BCUT2D eigenvalue weighted by Gasteiger charge is -2.09. The molecule has 0 aliphatic carbocycles. The van der Waals surface area contributed by atoms with Crippen molar-refractivity contribution in [1.29, 1.82) is 0 Å². The molecule has 0 saturated heterocycles. The minimum Gasteiger partial charge on any atom is -0.484 e. The van der Waals surface area contributed by atoms with Crippen LogP contribution in [0.25, 0.3) is 0 Å². The number of halogens is 2. The van der Waals surface area contributed by atoms with Crippen molar-refractivity contribution in [3.63, 3.8) is 0 Å². The minimum atomic E-state index is -0.533. The highest BCUT2D eigenvalue weighted by atomic mass is 19.1. The van der Waals surface area contributed by atoms with E-state index in [0.29, 0.717) is 16.9 Å². The summed E-state index contributed by atoms with van der Waals surface area (Å²) in [5.41, 5.74) is 0.852. The van der Waals surface area contributed by atoms with Gasteiger partial charge < -0.3 is 10.1 Å². The van der Waals surface area contributed by atoms with Crippen LogP contribution in [0, 0.1) is 11.6 Å². The van der Waals surface area contributed by atoms with E-state index >= 15 is 0 Å². The Morgan fingerprint density at radius 2 is 1.41 bits per heavy atom. The standard InChI is InChI=1S/C21H15F2NO3/c22-16-9-5-14(6-10-16)21(26)15-7-11-17(12-8-15)27-13-20(25)24-19-4-2-1-3-18(19)23/h1-12H,13H2,(H,24,25). The van der Waals surface area contributed by atoms with Crippen LogP contribution in [-0.2, 0) is 4.79 Å². The van der Waals surface area contributed by atoms with Crippen LogP contribution in [0.5, 0.6) is 5.75 Å². The van der Waals surface area contributed by atoms with E-state index in [1.54, 1.807) is 30.3 Å². The number of ether oxygens (including phenoxy) is 1. The number of ketones is 1. The fourth-order valence-electron chi connectivity index (χ4n) is 2.37. The number of rotatable bonds is 6. The van der Waals surface area contributed by atoms with E-state index in [1.807, 2.05) is 0 Å². The summed E-state index contributed by atoms with van der Waals surface area (Å²) in [6, 6.07) is 17.3. The molecule has 0 aliphatic heterocycles. The Bertz CT molecular complexity index is 954. The zero-order chi connectivity index (χ0) is 19.2. The number of amides is 1. The molecule has 4 nitrogen and oxygen atoms in total. The van der Waals surface area contributed by atoms with Gasteiger partial charge in [0.1, 0.15) is 17.4 Å². The van der Waals surface area contributed by atoms with Gasteiger partial charge in [-0.05, 0) is 60.7 Å². The maximum absolute atomic E-state index is 13.5. The van der Waals surface area contributed by atoms with E-state index in [1.165, 1.54) is 42.5 Å². The molecule has 0 radical (unpaired) electrons. The summed E-state index contributed by atoms with van der Waals surface area (Å²) in [5.74, 6) is -1.32. The number of para-hydroxylation sites is 1. The molecule has 3 aromatic carbocycles. The summed E-state index contributed by atoms with van der Waals surface area (Å²) in [6.07, 6.45) is 0. The Balaban J connectivity index is 1.57. The summed E-state index contributed by atoms with van der Waals surface area (Å²) >= 11 is 0. The molecule has 0 spiro atoms. The van der Waals surface area contributed by atoms with Gasteiger partial charge in [-0.2, -0.15) is 0 Å². The number of carbonyl (C=O) groups excluding carboxylic acids is 2. The third kappa shape index (κ3) is 4.76. The Hall–Kier alpha value is -3.54. The van der Waals surface area contributed by atoms with Gasteiger partial charge in [0, 0.05) is 11.1 Å². The predicted octanol–water partition coefficient (Wildman–Crippen LogP) is 4.21. The number of hydrogen-bond acceptors (Lipinski definition) is 3. The van der Waals surface area contributed by atoms with Gasteiger partial charge in [0.15, 0.2) is 12.4 Å². The molecule has 0 heterocycles. The highest BCUT2D eigenvalue weighted by Gasteiger charge is 2.10. The monoisotopic (exact) mass is 367 g/mol. The van der Waals surface area contributed by atoms with Crippen LogP contribution in [0.3, 0.4) is 0 Å². The first-order valence-electron chi connectivity index (χ1n) is 8.10. The minimum absolute atomic E-state index is 0.0753. The van der Waals surface area contributed by atoms with Gasteiger partial charge in [-0.15, -0.1) is 0 Å². The lowest BCUT2D eigenvalue weighted by atomic mass is 10.0. The van der Waals surface area contributed by atoms with Gasteiger partial charge in [-0.3, -0.25) is 9.59 Å². The van der Waals surface area contributed by atoms with Crippen molar-refractivity contribution in [3.05, 3.63) is 95.6 Å². The van der Waals surface area contributed by atoms with Crippen molar-refractivity contribution in [2.75, 3.05) is 11.9 Å². The van der Waals surface area contributed by atoms with E-state index in [-0.39, 0.29) is 18.1 Å². The number of benzene rings is 3. The van der Waals surface area contributed by atoms with E-state index in [4.69, 9.17) is 4.74 Å². The third-order valence-electron chi connectivity index (χ3n) is 3.74. The largest absolute Gasteiger partial charge is 0.484 e. The molecule has 0 atom stereocenters. The molecule has 0 aliphatic rings. The summed E-state index contributed by atoms with van der Waals surface area (Å²) < 4.78 is 31.8. The van der Waals surface area contributed by atoms with E-state index < -0.39 is 17.5 Å². The zero-order valence-corrected chi connectivity index (χ0v) is 14.1. The van der Waals surface area contributed by atoms with E-state index in [0.717, 1.165) is 0 Å². The SMILES string of the molecule is O=C(COc1ccc(C(=O)c2ccc(F)cc2)cc1)Nc1ccccc1F. The molecule has 27 heavy (non-hydrogen) atoms. The lowest BCUT2D eigenvalue weighted by molar-refractivity contribution is -0.118. The van der Waals surface area contributed by atoms with Crippen molar-refractivity contribution in [2.45, 2.75) is 0 Å². The summed E-state index contributed by atoms with van der Waals surface area (Å²) in [7, 11) is 0. The Labute approximate surface area is 154 Å². The summed E-state index contributed by atoms with van der Waals surface area (Å²) in [4.78, 5) is 24.1. The maximum atomic E-state index is 13.5. The van der Waals surface area contributed by atoms with Gasteiger partial charge in [-0.1, -0.05) is 12.1 Å². The number of nitrogens with one attached hydrogen (secondary N) is 1. The van der Waals surface area contributed by atoms with Gasteiger partial charge in [-0.25, -0.2) is 8.78 Å². The van der Waals surface area contributed by atoms with Crippen LogP contribution in [0.4, 0.5) is 14.5 Å². The lowest BCUT2D eigenvalue weighted by Crippen LogP contribution is -2.20. The third-order valence-corrected chi connectivity index (χ3v) is 3.74. The molecule has 0 saturated carbocycles. The summed E-state index contributed by atoms with van der Waals surface area (Å²) in [6.45, 7) is -0.306. The number of hydrogen-bond donors (Lipinski definition) is 1. The predicted molar refractivity (Wildman–Crippen MR) is 96.8 cm³/mol. The maximum Gasteiger partial charge on any atom is 0.262 e. The van der Waals surface area contributed by atoms with Crippen LogP contribution in [-0.4, -0.2) is 18.3 Å². The average molecular weight is 367 g/mol. The fraction of sp³-hybridized carbons (Fsp3) is 0.0476. The molecular formula is C21H15F2NO3. The Morgan fingerprint density at radius 1 is 0.815 bits per heavy atom. The van der Waals surface area contributed by atoms with Crippen molar-refractivity contribution in [3.8, 4) is 5.75 Å². The van der Waals surface area contributed by atoms with Crippen molar-refractivity contribution in [1.82, 2.24) is 0 Å². The molecular weight excluding hydrogens is 352 g/mol. The molecule has 6 heteroatoms. The molecule has 3 aromatic rings. The Morgan fingerprint density at radius 3 is 2.04 bits per heavy atom. The van der Waals surface area contributed by atoms with Crippen LogP contribution in [0.1, 0.15) is 15.9 Å². The van der Waals surface area contributed by atoms with E-state index in [9.17, 15) is 18.4 Å². The van der Waals surface area contributed by atoms with Crippen molar-refractivity contribution < 1.29 is 23.1 Å².